The highest BCUT2D eigenvalue weighted by molar-refractivity contribution is 5.94. The molecule has 0 atom stereocenters. The normalized spacial score (nSPS) is 10.4. The highest BCUT2D eigenvalue weighted by Gasteiger charge is 2.09. The van der Waals surface area contributed by atoms with Gasteiger partial charge in [-0.05, 0) is 24.1 Å². The predicted octanol–water partition coefficient (Wildman–Crippen LogP) is 1.72. The van der Waals surface area contributed by atoms with E-state index in [-0.39, 0.29) is 5.75 Å². The quantitative estimate of drug-likeness (QED) is 0.768. The van der Waals surface area contributed by atoms with Gasteiger partial charge in [-0.1, -0.05) is 13.8 Å². The molecule has 1 amide bonds. The number of hydroxylamine groups is 1. The van der Waals surface area contributed by atoms with Crippen LogP contribution in [0.5, 0.6) is 11.5 Å². The lowest BCUT2D eigenvalue weighted by molar-refractivity contribution is 0.0208. The summed E-state index contributed by atoms with van der Waals surface area (Å²) >= 11 is 0. The third-order valence-electron chi connectivity index (χ3n) is 2.02. The van der Waals surface area contributed by atoms with E-state index in [4.69, 9.17) is 9.57 Å². The average molecular weight is 239 g/mol. The van der Waals surface area contributed by atoms with Crippen molar-refractivity contribution in [1.82, 2.24) is 5.48 Å². The van der Waals surface area contributed by atoms with Gasteiger partial charge in [-0.25, -0.2) is 5.48 Å². The third-order valence-corrected chi connectivity index (χ3v) is 2.02. The van der Waals surface area contributed by atoms with E-state index in [1.807, 2.05) is 13.8 Å². The Hall–Kier alpha value is -1.75. The molecular formula is C12H17NO4. The van der Waals surface area contributed by atoms with Crippen molar-refractivity contribution in [1.29, 1.82) is 0 Å². The van der Waals surface area contributed by atoms with Crippen molar-refractivity contribution in [2.24, 2.45) is 5.92 Å². The highest BCUT2D eigenvalue weighted by atomic mass is 16.6. The van der Waals surface area contributed by atoms with E-state index < -0.39 is 5.91 Å². The zero-order chi connectivity index (χ0) is 12.8. The number of hydrogen-bond donors (Lipinski definition) is 2. The van der Waals surface area contributed by atoms with E-state index in [9.17, 15) is 9.90 Å². The molecule has 0 aliphatic carbocycles. The first kappa shape index (κ1) is 13.3. The largest absolute Gasteiger partial charge is 0.504 e. The molecular weight excluding hydrogens is 222 g/mol. The van der Waals surface area contributed by atoms with Crippen molar-refractivity contribution >= 4 is 5.91 Å². The van der Waals surface area contributed by atoms with Crippen molar-refractivity contribution in [3.8, 4) is 11.5 Å². The molecule has 94 valence electrons. The second-order valence-electron chi connectivity index (χ2n) is 4.02. The van der Waals surface area contributed by atoms with Gasteiger partial charge in [0.1, 0.15) is 0 Å². The van der Waals surface area contributed by atoms with E-state index in [1.54, 1.807) is 6.07 Å². The Morgan fingerprint density at radius 2 is 2.18 bits per heavy atom. The minimum absolute atomic E-state index is 0.0796. The average Bonchev–Trinajstić information content (AvgIpc) is 2.28. The maximum atomic E-state index is 11.6. The fourth-order valence-electron chi connectivity index (χ4n) is 1.16. The first-order valence-corrected chi connectivity index (χ1v) is 5.33. The molecule has 0 aliphatic rings. The molecule has 1 aromatic carbocycles. The molecule has 1 rings (SSSR count). The number of nitrogens with one attached hydrogen (secondary N) is 1. The van der Waals surface area contributed by atoms with Crippen LogP contribution in [0, 0.1) is 5.92 Å². The van der Waals surface area contributed by atoms with E-state index in [0.717, 1.165) is 0 Å². The number of carbonyl (C=O) groups is 1. The lowest BCUT2D eigenvalue weighted by atomic mass is 10.2. The molecule has 0 aliphatic heterocycles. The smallest absolute Gasteiger partial charge is 0.274 e. The molecule has 0 fully saturated rings. The molecule has 1 aromatic rings. The number of carbonyl (C=O) groups excluding carboxylic acids is 1. The number of benzene rings is 1. The number of hydrogen-bond acceptors (Lipinski definition) is 4. The lowest BCUT2D eigenvalue weighted by Crippen LogP contribution is -2.25. The van der Waals surface area contributed by atoms with Crippen molar-refractivity contribution in [2.75, 3.05) is 13.7 Å². The SMILES string of the molecule is COc1ccc(C(=O)NOCC(C)C)cc1O. The monoisotopic (exact) mass is 239 g/mol. The Labute approximate surface area is 100 Å². The number of amides is 1. The van der Waals surface area contributed by atoms with E-state index in [0.29, 0.717) is 23.8 Å². The molecule has 2 N–H and O–H groups in total. The predicted molar refractivity (Wildman–Crippen MR) is 62.9 cm³/mol. The Morgan fingerprint density at radius 1 is 1.47 bits per heavy atom. The van der Waals surface area contributed by atoms with Gasteiger partial charge in [0.15, 0.2) is 11.5 Å². The molecule has 0 aromatic heterocycles. The van der Waals surface area contributed by atoms with Crippen LogP contribution in [0.2, 0.25) is 0 Å². The molecule has 0 spiro atoms. The van der Waals surface area contributed by atoms with Gasteiger partial charge in [0, 0.05) is 5.56 Å². The fraction of sp³-hybridized carbons (Fsp3) is 0.417. The Balaban J connectivity index is 2.60. The van der Waals surface area contributed by atoms with E-state index in [2.05, 4.69) is 5.48 Å². The molecule has 0 bridgehead atoms. The van der Waals surface area contributed by atoms with Gasteiger partial charge in [0.25, 0.3) is 5.91 Å². The van der Waals surface area contributed by atoms with Crippen molar-refractivity contribution in [2.45, 2.75) is 13.8 Å². The van der Waals surface area contributed by atoms with Crippen LogP contribution >= 0.6 is 0 Å². The van der Waals surface area contributed by atoms with Gasteiger partial charge in [-0.15, -0.1) is 0 Å². The highest BCUT2D eigenvalue weighted by Crippen LogP contribution is 2.25. The molecule has 0 heterocycles. The summed E-state index contributed by atoms with van der Waals surface area (Å²) in [4.78, 5) is 16.6. The minimum atomic E-state index is -0.399. The summed E-state index contributed by atoms with van der Waals surface area (Å²) < 4.78 is 4.88. The van der Waals surface area contributed by atoms with Crippen molar-refractivity contribution in [3.63, 3.8) is 0 Å². The summed E-state index contributed by atoms with van der Waals surface area (Å²) in [5.74, 6) is 0.178. The van der Waals surface area contributed by atoms with Crippen LogP contribution < -0.4 is 10.2 Å². The first-order chi connectivity index (χ1) is 8.04. The van der Waals surface area contributed by atoms with Crippen LogP contribution in [-0.4, -0.2) is 24.7 Å². The number of phenols is 1. The van der Waals surface area contributed by atoms with Gasteiger partial charge in [-0.3, -0.25) is 9.63 Å². The van der Waals surface area contributed by atoms with Crippen molar-refractivity contribution in [3.05, 3.63) is 23.8 Å². The minimum Gasteiger partial charge on any atom is -0.504 e. The van der Waals surface area contributed by atoms with Gasteiger partial charge in [0.2, 0.25) is 0 Å². The maximum Gasteiger partial charge on any atom is 0.274 e. The third kappa shape index (κ3) is 3.96. The number of ether oxygens (including phenoxy) is 1. The lowest BCUT2D eigenvalue weighted by Gasteiger charge is -2.09. The second kappa shape index (κ2) is 6.10. The van der Waals surface area contributed by atoms with Crippen LogP contribution in [0.15, 0.2) is 18.2 Å². The second-order valence-corrected chi connectivity index (χ2v) is 4.02. The van der Waals surface area contributed by atoms with Crippen LogP contribution in [-0.2, 0) is 4.84 Å². The molecule has 17 heavy (non-hydrogen) atoms. The zero-order valence-corrected chi connectivity index (χ0v) is 10.2. The molecule has 0 saturated carbocycles. The Morgan fingerprint density at radius 3 is 2.71 bits per heavy atom. The first-order valence-electron chi connectivity index (χ1n) is 5.33. The van der Waals surface area contributed by atoms with E-state index >= 15 is 0 Å². The number of phenolic OH excluding ortho intramolecular Hbond substituents is 1. The Kier molecular flexibility index (Phi) is 4.78. The molecule has 0 unspecified atom stereocenters. The van der Waals surface area contributed by atoms with Gasteiger partial charge < -0.3 is 9.84 Å². The van der Waals surface area contributed by atoms with Gasteiger partial charge >= 0.3 is 0 Å². The van der Waals surface area contributed by atoms with Crippen LogP contribution in [0.4, 0.5) is 0 Å². The summed E-state index contributed by atoms with van der Waals surface area (Å²) in [5.41, 5.74) is 2.62. The summed E-state index contributed by atoms with van der Waals surface area (Å²) in [6, 6.07) is 4.40. The molecule has 0 radical (unpaired) electrons. The summed E-state index contributed by atoms with van der Waals surface area (Å²) in [6.45, 7) is 4.39. The van der Waals surface area contributed by atoms with Crippen LogP contribution in [0.1, 0.15) is 24.2 Å². The molecule has 0 saturated heterocycles. The maximum absolute atomic E-state index is 11.6. The number of methoxy groups -OCH3 is 1. The van der Waals surface area contributed by atoms with Gasteiger partial charge in [-0.2, -0.15) is 0 Å². The van der Waals surface area contributed by atoms with E-state index in [1.165, 1.54) is 19.2 Å². The molecule has 5 heteroatoms. The number of aromatic hydroxyl groups is 1. The summed E-state index contributed by atoms with van der Waals surface area (Å²) in [7, 11) is 1.44. The number of rotatable bonds is 5. The molecule has 5 nitrogen and oxygen atoms in total. The van der Waals surface area contributed by atoms with Gasteiger partial charge in [0.05, 0.1) is 13.7 Å². The fourth-order valence-corrected chi connectivity index (χ4v) is 1.16. The van der Waals surface area contributed by atoms with Crippen LogP contribution in [0.3, 0.4) is 0 Å². The standard InChI is InChI=1S/C12H17NO4/c1-8(2)7-17-13-12(15)9-4-5-11(16-3)10(14)6-9/h4-6,8,14H,7H2,1-3H3,(H,13,15). The Bertz CT molecular complexity index is 390. The summed E-state index contributed by atoms with van der Waals surface area (Å²) in [5, 5.41) is 9.51. The summed E-state index contributed by atoms with van der Waals surface area (Å²) in [6.07, 6.45) is 0. The topological polar surface area (TPSA) is 67.8 Å². The van der Waals surface area contributed by atoms with Crippen molar-refractivity contribution < 1.29 is 19.5 Å². The van der Waals surface area contributed by atoms with Crippen LogP contribution in [0.25, 0.3) is 0 Å². The zero-order valence-electron chi connectivity index (χ0n) is 10.2.